The lowest BCUT2D eigenvalue weighted by molar-refractivity contribution is -0.0312. The third-order valence-electron chi connectivity index (χ3n) is 8.30. The average Bonchev–Trinajstić information content (AvgIpc) is 3.41. The van der Waals surface area contributed by atoms with Crippen LogP contribution in [-0.4, -0.2) is 90.1 Å². The van der Waals surface area contributed by atoms with Crippen LogP contribution in [0.15, 0.2) is 82.6 Å². The second-order valence-corrected chi connectivity index (χ2v) is 15.6. The molecule has 0 saturated carbocycles. The standard InChI is InChI=1S/C32H41N3O7S2/c1-33-20-24-9-11-25(12-10-24)26-5-3-8-31(17-26)44(39,40)35-15-13-32(14-16-35)19-27(22-42-32)34-21-28(36)23-41-29-6-4-7-30(18-29)43(2,37)38/h3-12,17-18,27-28,33-34,36H,13-16,19-23H2,1-2H3. The summed E-state index contributed by atoms with van der Waals surface area (Å²) in [7, 11) is -5.11. The van der Waals surface area contributed by atoms with Crippen LogP contribution in [-0.2, 0) is 31.1 Å². The molecule has 2 fully saturated rings. The first-order valence-corrected chi connectivity index (χ1v) is 18.1. The maximum atomic E-state index is 13.6. The Morgan fingerprint density at radius 1 is 0.977 bits per heavy atom. The maximum Gasteiger partial charge on any atom is 0.243 e. The number of aliphatic hydroxyl groups excluding tert-OH is 1. The van der Waals surface area contributed by atoms with E-state index in [4.69, 9.17) is 9.47 Å². The lowest BCUT2D eigenvalue weighted by Crippen LogP contribution is -2.47. The Kier molecular flexibility index (Phi) is 10.1. The Morgan fingerprint density at radius 3 is 2.39 bits per heavy atom. The quantitative estimate of drug-likeness (QED) is 0.272. The number of piperidine rings is 1. The maximum absolute atomic E-state index is 13.6. The van der Waals surface area contributed by atoms with Gasteiger partial charge in [0.2, 0.25) is 10.0 Å². The van der Waals surface area contributed by atoms with E-state index in [1.165, 1.54) is 12.1 Å². The summed E-state index contributed by atoms with van der Waals surface area (Å²) in [6.07, 6.45) is 2.25. The van der Waals surface area contributed by atoms with Gasteiger partial charge in [0.05, 0.1) is 22.0 Å². The van der Waals surface area contributed by atoms with Crippen LogP contribution in [0, 0.1) is 0 Å². The predicted molar refractivity (Wildman–Crippen MR) is 169 cm³/mol. The van der Waals surface area contributed by atoms with Crippen LogP contribution in [0.1, 0.15) is 24.8 Å². The normalized spacial score (nSPS) is 19.7. The van der Waals surface area contributed by atoms with E-state index in [9.17, 15) is 21.9 Å². The highest BCUT2D eigenvalue weighted by Gasteiger charge is 2.44. The van der Waals surface area contributed by atoms with Gasteiger partial charge in [-0.2, -0.15) is 4.31 Å². The third-order valence-corrected chi connectivity index (χ3v) is 11.3. The molecule has 10 nitrogen and oxygen atoms in total. The summed E-state index contributed by atoms with van der Waals surface area (Å²) in [6.45, 7) is 2.29. The summed E-state index contributed by atoms with van der Waals surface area (Å²) in [5.74, 6) is 0.377. The molecule has 0 amide bonds. The lowest BCUT2D eigenvalue weighted by Gasteiger charge is -2.38. The lowest BCUT2D eigenvalue weighted by atomic mass is 9.88. The number of sulfone groups is 1. The van der Waals surface area contributed by atoms with Crippen molar-refractivity contribution in [3.63, 3.8) is 0 Å². The molecule has 1 spiro atoms. The molecule has 0 radical (unpaired) electrons. The summed E-state index contributed by atoms with van der Waals surface area (Å²) in [4.78, 5) is 0.450. The van der Waals surface area contributed by atoms with Crippen molar-refractivity contribution >= 4 is 19.9 Å². The van der Waals surface area contributed by atoms with Gasteiger partial charge in [-0.05, 0) is 73.3 Å². The fourth-order valence-corrected chi connectivity index (χ4v) is 7.95. The highest BCUT2D eigenvalue weighted by atomic mass is 32.2. The molecule has 2 aliphatic rings. The van der Waals surface area contributed by atoms with Crippen molar-refractivity contribution in [3.05, 3.63) is 78.4 Å². The van der Waals surface area contributed by atoms with Gasteiger partial charge in [-0.1, -0.05) is 42.5 Å². The first kappa shape index (κ1) is 32.6. The fraction of sp³-hybridized carbons (Fsp3) is 0.438. The van der Waals surface area contributed by atoms with Gasteiger partial charge in [0, 0.05) is 38.5 Å². The summed E-state index contributed by atoms with van der Waals surface area (Å²) >= 11 is 0. The molecule has 0 aromatic heterocycles. The molecule has 2 atom stereocenters. The minimum atomic E-state index is -3.66. The molecule has 3 aromatic rings. The van der Waals surface area contributed by atoms with Gasteiger partial charge < -0.3 is 25.2 Å². The third kappa shape index (κ3) is 7.86. The first-order chi connectivity index (χ1) is 21.0. The number of hydrogen-bond acceptors (Lipinski definition) is 9. The van der Waals surface area contributed by atoms with Crippen LogP contribution >= 0.6 is 0 Å². The number of benzene rings is 3. The van der Waals surface area contributed by atoms with Crippen LogP contribution < -0.4 is 15.4 Å². The average molecular weight is 644 g/mol. The topological polar surface area (TPSA) is 134 Å². The number of nitrogens with zero attached hydrogens (tertiary/aromatic N) is 1. The van der Waals surface area contributed by atoms with E-state index < -0.39 is 31.6 Å². The zero-order valence-electron chi connectivity index (χ0n) is 25.1. The molecule has 12 heteroatoms. The number of rotatable bonds is 12. The molecule has 0 bridgehead atoms. The van der Waals surface area contributed by atoms with E-state index in [2.05, 4.69) is 10.6 Å². The van der Waals surface area contributed by atoms with Gasteiger partial charge in [-0.25, -0.2) is 16.8 Å². The van der Waals surface area contributed by atoms with Crippen molar-refractivity contribution in [2.45, 2.75) is 53.3 Å². The Balaban J connectivity index is 1.11. The molecule has 2 saturated heterocycles. The minimum absolute atomic E-state index is 0.00853. The van der Waals surface area contributed by atoms with Gasteiger partial charge in [0.25, 0.3) is 0 Å². The summed E-state index contributed by atoms with van der Waals surface area (Å²) in [5.41, 5.74) is 2.59. The van der Waals surface area contributed by atoms with Gasteiger partial charge in [-0.3, -0.25) is 0 Å². The van der Waals surface area contributed by atoms with Gasteiger partial charge in [0.15, 0.2) is 9.84 Å². The number of ether oxygens (including phenoxy) is 2. The van der Waals surface area contributed by atoms with Crippen molar-refractivity contribution in [1.82, 2.24) is 14.9 Å². The Labute approximate surface area is 260 Å². The van der Waals surface area contributed by atoms with Crippen LogP contribution in [0.25, 0.3) is 11.1 Å². The van der Waals surface area contributed by atoms with E-state index in [1.807, 2.05) is 37.4 Å². The van der Waals surface area contributed by atoms with E-state index >= 15 is 0 Å². The SMILES string of the molecule is CNCc1ccc(-c2cccc(S(=O)(=O)N3CCC4(CC3)CC(NCC(O)COc3cccc(S(C)(=O)=O)c3)CO4)c2)cc1. The summed E-state index contributed by atoms with van der Waals surface area (Å²) in [5, 5.41) is 16.9. The zero-order chi connectivity index (χ0) is 31.4. The monoisotopic (exact) mass is 643 g/mol. The Bertz CT molecular complexity index is 1640. The largest absolute Gasteiger partial charge is 0.491 e. The molecule has 0 aliphatic carbocycles. The predicted octanol–water partition coefficient (Wildman–Crippen LogP) is 2.82. The van der Waals surface area contributed by atoms with Crippen molar-refractivity contribution in [3.8, 4) is 16.9 Å². The molecule has 238 valence electrons. The Hall–Kier alpha value is -2.84. The summed E-state index contributed by atoms with van der Waals surface area (Å²) in [6, 6.07) is 21.4. The molecular formula is C32H41N3O7S2. The highest BCUT2D eigenvalue weighted by molar-refractivity contribution is 7.90. The van der Waals surface area contributed by atoms with Gasteiger partial charge in [0.1, 0.15) is 18.5 Å². The number of sulfonamides is 1. The molecule has 2 heterocycles. The molecular weight excluding hydrogens is 603 g/mol. The summed E-state index contributed by atoms with van der Waals surface area (Å²) < 4.78 is 64.0. The number of aliphatic hydroxyl groups is 1. The minimum Gasteiger partial charge on any atom is -0.491 e. The molecule has 3 aromatic carbocycles. The van der Waals surface area contributed by atoms with Crippen molar-refractivity contribution < 1.29 is 31.4 Å². The van der Waals surface area contributed by atoms with E-state index in [-0.39, 0.29) is 29.0 Å². The van der Waals surface area contributed by atoms with E-state index in [1.54, 1.807) is 34.6 Å². The molecule has 2 aliphatic heterocycles. The molecule has 3 N–H and O–H groups in total. The van der Waals surface area contributed by atoms with E-state index in [0.29, 0.717) is 38.3 Å². The van der Waals surface area contributed by atoms with Gasteiger partial charge in [-0.15, -0.1) is 0 Å². The van der Waals surface area contributed by atoms with Crippen LogP contribution in [0.3, 0.4) is 0 Å². The zero-order valence-corrected chi connectivity index (χ0v) is 26.7. The van der Waals surface area contributed by atoms with Crippen LogP contribution in [0.2, 0.25) is 0 Å². The Morgan fingerprint density at radius 2 is 1.68 bits per heavy atom. The molecule has 5 rings (SSSR count). The first-order valence-electron chi connectivity index (χ1n) is 14.8. The number of hydrogen-bond donors (Lipinski definition) is 3. The second kappa shape index (κ2) is 13.7. The van der Waals surface area contributed by atoms with Crippen LogP contribution in [0.4, 0.5) is 0 Å². The molecule has 2 unspecified atom stereocenters. The van der Waals surface area contributed by atoms with Crippen molar-refractivity contribution in [2.75, 3.05) is 46.2 Å². The van der Waals surface area contributed by atoms with Crippen molar-refractivity contribution in [2.24, 2.45) is 0 Å². The smallest absolute Gasteiger partial charge is 0.243 e. The number of nitrogens with one attached hydrogen (secondary N) is 2. The fourth-order valence-electron chi connectivity index (χ4n) is 5.81. The highest BCUT2D eigenvalue weighted by Crippen LogP contribution is 2.37. The second-order valence-electron chi connectivity index (χ2n) is 11.7. The van der Waals surface area contributed by atoms with Crippen LogP contribution in [0.5, 0.6) is 5.75 Å². The van der Waals surface area contributed by atoms with Gasteiger partial charge >= 0.3 is 0 Å². The van der Waals surface area contributed by atoms with E-state index in [0.717, 1.165) is 35.9 Å². The van der Waals surface area contributed by atoms with Crippen molar-refractivity contribution in [1.29, 1.82) is 0 Å². The molecule has 44 heavy (non-hydrogen) atoms.